The van der Waals surface area contributed by atoms with Crippen LogP contribution in [0.25, 0.3) is 0 Å². The van der Waals surface area contributed by atoms with E-state index in [-0.39, 0.29) is 18.2 Å². The molecule has 2 aromatic rings. The van der Waals surface area contributed by atoms with Crippen molar-refractivity contribution in [3.05, 3.63) is 64.9 Å². The number of halogens is 2. The molecule has 1 N–H and O–H groups in total. The van der Waals surface area contributed by atoms with Crippen molar-refractivity contribution in [1.29, 1.82) is 0 Å². The minimum atomic E-state index is -0.736. The van der Waals surface area contributed by atoms with Crippen LogP contribution in [0.2, 0.25) is 5.02 Å². The van der Waals surface area contributed by atoms with E-state index in [4.69, 9.17) is 16.3 Å². The highest BCUT2D eigenvalue weighted by Gasteiger charge is 2.27. The Morgan fingerprint density at radius 2 is 1.86 bits per heavy atom. The first-order valence-electron chi connectivity index (χ1n) is 9.62. The maximum Gasteiger partial charge on any atom is 0.261 e. The molecular formula is C22H26ClFN2O3. The number of nitrogens with zero attached hydrogens (tertiary/aromatic N) is 1. The van der Waals surface area contributed by atoms with Crippen LogP contribution < -0.4 is 10.1 Å². The van der Waals surface area contributed by atoms with E-state index in [9.17, 15) is 14.0 Å². The van der Waals surface area contributed by atoms with Crippen LogP contribution in [-0.2, 0) is 16.1 Å². The summed E-state index contributed by atoms with van der Waals surface area (Å²) in [6.07, 6.45) is 1.81. The SMILES string of the molecule is CCCCNC(=O)C(C)N(Cc1ccccc1Cl)C(=O)COc1ccccc1F. The molecular weight excluding hydrogens is 395 g/mol. The molecule has 0 aliphatic rings. The lowest BCUT2D eigenvalue weighted by Crippen LogP contribution is -2.49. The predicted octanol–water partition coefficient (Wildman–Crippen LogP) is 4.19. The van der Waals surface area contributed by atoms with Crippen molar-refractivity contribution in [2.45, 2.75) is 39.3 Å². The number of hydrogen-bond donors (Lipinski definition) is 1. The molecule has 0 heterocycles. The van der Waals surface area contributed by atoms with Crippen LogP contribution in [0.4, 0.5) is 4.39 Å². The summed E-state index contributed by atoms with van der Waals surface area (Å²) in [6.45, 7) is 3.97. The van der Waals surface area contributed by atoms with Crippen molar-refractivity contribution < 1.29 is 18.7 Å². The fraction of sp³-hybridized carbons (Fsp3) is 0.364. The third-order valence-electron chi connectivity index (χ3n) is 4.48. The Morgan fingerprint density at radius 3 is 2.55 bits per heavy atom. The number of carbonyl (C=O) groups is 2. The van der Waals surface area contributed by atoms with Gasteiger partial charge in [0.15, 0.2) is 18.2 Å². The normalized spacial score (nSPS) is 11.6. The molecule has 7 heteroatoms. The Kier molecular flexibility index (Phi) is 8.93. The number of amides is 2. The van der Waals surface area contributed by atoms with E-state index in [1.807, 2.05) is 13.0 Å². The molecule has 2 aromatic carbocycles. The van der Waals surface area contributed by atoms with Gasteiger partial charge in [-0.3, -0.25) is 9.59 Å². The van der Waals surface area contributed by atoms with Crippen LogP contribution in [0.1, 0.15) is 32.3 Å². The molecule has 2 rings (SSSR count). The smallest absolute Gasteiger partial charge is 0.261 e. The number of para-hydroxylation sites is 1. The summed E-state index contributed by atoms with van der Waals surface area (Å²) in [5.74, 6) is -1.27. The molecule has 0 radical (unpaired) electrons. The molecule has 0 bridgehead atoms. The van der Waals surface area contributed by atoms with Gasteiger partial charge in [-0.2, -0.15) is 0 Å². The highest BCUT2D eigenvalue weighted by Crippen LogP contribution is 2.20. The van der Waals surface area contributed by atoms with E-state index >= 15 is 0 Å². The summed E-state index contributed by atoms with van der Waals surface area (Å²) in [5, 5.41) is 3.33. The lowest BCUT2D eigenvalue weighted by Gasteiger charge is -2.29. The molecule has 0 saturated heterocycles. The van der Waals surface area contributed by atoms with Gasteiger partial charge in [-0.1, -0.05) is 55.3 Å². The monoisotopic (exact) mass is 420 g/mol. The molecule has 1 unspecified atom stereocenters. The molecule has 156 valence electrons. The Bertz CT molecular complexity index is 831. The topological polar surface area (TPSA) is 58.6 Å². The minimum Gasteiger partial charge on any atom is -0.481 e. The first-order chi connectivity index (χ1) is 13.9. The molecule has 29 heavy (non-hydrogen) atoms. The molecule has 0 aromatic heterocycles. The van der Waals surface area contributed by atoms with Gasteiger partial charge in [-0.25, -0.2) is 4.39 Å². The van der Waals surface area contributed by atoms with Crippen LogP contribution in [-0.4, -0.2) is 35.9 Å². The second kappa shape index (κ2) is 11.4. The summed E-state index contributed by atoms with van der Waals surface area (Å²) in [6, 6.07) is 12.2. The number of nitrogens with one attached hydrogen (secondary N) is 1. The van der Waals surface area contributed by atoms with Gasteiger partial charge in [-0.05, 0) is 37.1 Å². The molecule has 1 atom stereocenters. The Morgan fingerprint density at radius 1 is 1.17 bits per heavy atom. The zero-order valence-electron chi connectivity index (χ0n) is 16.7. The summed E-state index contributed by atoms with van der Waals surface area (Å²) in [4.78, 5) is 26.8. The average molecular weight is 421 g/mol. The van der Waals surface area contributed by atoms with Gasteiger partial charge >= 0.3 is 0 Å². The maximum atomic E-state index is 13.8. The van der Waals surface area contributed by atoms with E-state index in [1.54, 1.807) is 31.2 Å². The number of carbonyl (C=O) groups excluding carboxylic acids is 2. The Balaban J connectivity index is 2.14. The fourth-order valence-electron chi connectivity index (χ4n) is 2.71. The number of rotatable bonds is 10. The van der Waals surface area contributed by atoms with E-state index in [0.717, 1.165) is 12.8 Å². The fourth-order valence-corrected chi connectivity index (χ4v) is 2.91. The third kappa shape index (κ3) is 6.75. The van der Waals surface area contributed by atoms with E-state index in [1.165, 1.54) is 23.1 Å². The molecule has 0 saturated carbocycles. The van der Waals surface area contributed by atoms with Gasteiger partial charge in [0.2, 0.25) is 5.91 Å². The van der Waals surface area contributed by atoms with Crippen molar-refractivity contribution in [2.24, 2.45) is 0 Å². The number of unbranched alkanes of at least 4 members (excludes halogenated alkanes) is 1. The second-order valence-electron chi connectivity index (χ2n) is 6.65. The lowest BCUT2D eigenvalue weighted by molar-refractivity contribution is -0.142. The van der Waals surface area contributed by atoms with Gasteiger partial charge in [0.05, 0.1) is 0 Å². The molecule has 0 spiro atoms. The van der Waals surface area contributed by atoms with Crippen molar-refractivity contribution in [3.63, 3.8) is 0 Å². The van der Waals surface area contributed by atoms with Gasteiger partial charge in [-0.15, -0.1) is 0 Å². The summed E-state index contributed by atoms with van der Waals surface area (Å²) in [7, 11) is 0. The number of hydrogen-bond acceptors (Lipinski definition) is 3. The number of ether oxygens (including phenoxy) is 1. The van der Waals surface area contributed by atoms with Crippen molar-refractivity contribution in [2.75, 3.05) is 13.2 Å². The maximum absolute atomic E-state index is 13.8. The minimum absolute atomic E-state index is 0.0152. The predicted molar refractivity (Wildman–Crippen MR) is 111 cm³/mol. The first kappa shape index (κ1) is 22.7. The van der Waals surface area contributed by atoms with E-state index in [0.29, 0.717) is 17.1 Å². The molecule has 0 aliphatic carbocycles. The zero-order chi connectivity index (χ0) is 21.2. The summed E-state index contributed by atoms with van der Waals surface area (Å²) < 4.78 is 19.1. The molecule has 0 fully saturated rings. The van der Waals surface area contributed by atoms with Crippen molar-refractivity contribution in [1.82, 2.24) is 10.2 Å². The quantitative estimate of drug-likeness (QED) is 0.586. The molecule has 0 aliphatic heterocycles. The van der Waals surface area contributed by atoms with Crippen molar-refractivity contribution >= 4 is 23.4 Å². The van der Waals surface area contributed by atoms with Gasteiger partial charge in [0.25, 0.3) is 5.91 Å². The summed E-state index contributed by atoms with van der Waals surface area (Å²) in [5.41, 5.74) is 0.710. The van der Waals surface area contributed by atoms with Crippen LogP contribution >= 0.6 is 11.6 Å². The van der Waals surface area contributed by atoms with Crippen LogP contribution in [0.15, 0.2) is 48.5 Å². The molecule has 5 nitrogen and oxygen atoms in total. The highest BCUT2D eigenvalue weighted by molar-refractivity contribution is 6.31. The van der Waals surface area contributed by atoms with E-state index < -0.39 is 24.4 Å². The molecule has 2 amide bonds. The van der Waals surface area contributed by atoms with Gasteiger partial charge < -0.3 is 15.0 Å². The third-order valence-corrected chi connectivity index (χ3v) is 4.85. The largest absolute Gasteiger partial charge is 0.481 e. The lowest BCUT2D eigenvalue weighted by atomic mass is 10.1. The Labute approximate surface area is 175 Å². The van der Waals surface area contributed by atoms with Gasteiger partial charge in [0, 0.05) is 18.1 Å². The van der Waals surface area contributed by atoms with Crippen LogP contribution in [0, 0.1) is 5.82 Å². The highest BCUT2D eigenvalue weighted by atomic mass is 35.5. The first-order valence-corrected chi connectivity index (χ1v) is 9.99. The standard InChI is InChI=1S/C22H26ClFN2O3/c1-3-4-13-25-22(28)16(2)26(14-17-9-5-6-10-18(17)23)21(27)15-29-20-12-8-7-11-19(20)24/h5-12,16H,3-4,13-15H2,1-2H3,(H,25,28). The van der Waals surface area contributed by atoms with Crippen LogP contribution in [0.3, 0.4) is 0 Å². The zero-order valence-corrected chi connectivity index (χ0v) is 17.4. The summed E-state index contributed by atoms with van der Waals surface area (Å²) >= 11 is 6.23. The van der Waals surface area contributed by atoms with Crippen molar-refractivity contribution in [3.8, 4) is 5.75 Å². The second-order valence-corrected chi connectivity index (χ2v) is 7.06. The van der Waals surface area contributed by atoms with E-state index in [2.05, 4.69) is 5.32 Å². The van der Waals surface area contributed by atoms with Crippen LogP contribution in [0.5, 0.6) is 5.75 Å². The number of benzene rings is 2. The van der Waals surface area contributed by atoms with Gasteiger partial charge in [0.1, 0.15) is 6.04 Å². The Hall–Kier alpha value is -2.60. The average Bonchev–Trinajstić information content (AvgIpc) is 2.72.